The molecule has 0 aromatic carbocycles. The van der Waals surface area contributed by atoms with Gasteiger partial charge in [0.15, 0.2) is 0 Å². The Kier molecular flexibility index (Phi) is 3.76. The van der Waals surface area contributed by atoms with Crippen molar-refractivity contribution in [2.45, 2.75) is 0 Å². The van der Waals surface area contributed by atoms with Crippen LogP contribution in [0.5, 0.6) is 0 Å². The third kappa shape index (κ3) is 2.41. The monoisotopic (exact) mass is 64.0 g/mol. The SMILES string of the molecule is [B][B][B][SiH3]. The molecule has 0 rings (SSSR count). The Hall–Kier alpha value is 0.412. The van der Waals surface area contributed by atoms with E-state index in [9.17, 15) is 0 Å². The van der Waals surface area contributed by atoms with Crippen molar-refractivity contribution < 1.29 is 0 Å². The van der Waals surface area contributed by atoms with Crippen LogP contribution in [0.4, 0.5) is 0 Å². The van der Waals surface area contributed by atoms with E-state index >= 15 is 0 Å². The summed E-state index contributed by atoms with van der Waals surface area (Å²) in [5.41, 5.74) is 0. The summed E-state index contributed by atoms with van der Waals surface area (Å²) in [6, 6.07) is 0. The molecule has 0 N–H and O–H groups in total. The molecule has 0 fully saturated rings. The molecule has 0 bridgehead atoms. The maximum Gasteiger partial charge on any atom is 0.0368 e. The van der Waals surface area contributed by atoms with E-state index in [1.165, 1.54) is 0 Å². The van der Waals surface area contributed by atoms with E-state index in [1.54, 1.807) is 7.06 Å². The molecular weight excluding hydrogens is 60.5 g/mol. The highest BCUT2D eigenvalue weighted by Crippen LogP contribution is 1.24. The second-order valence-electron chi connectivity index (χ2n) is 0.526. The Morgan fingerprint density at radius 2 is 2.00 bits per heavy atom. The van der Waals surface area contributed by atoms with Crippen molar-refractivity contribution >= 4 is 31.7 Å². The van der Waals surface area contributed by atoms with Crippen LogP contribution in [0.2, 0.25) is 0 Å². The number of hydrogen-bond donors (Lipinski definition) is 0. The quantitative estimate of drug-likeness (QED) is 0.300. The minimum Gasteiger partial charge on any atom is -0.0393 e. The standard InChI is InChI=1S/B3H3Si/c1-2-3-4/h4H3. The molecule has 16 valence electrons. The summed E-state index contributed by atoms with van der Waals surface area (Å²) in [4.78, 5) is 0. The second kappa shape index (κ2) is 3.41. The summed E-state index contributed by atoms with van der Waals surface area (Å²) in [6.45, 7) is 1.92. The molecule has 0 saturated carbocycles. The Labute approximate surface area is 32.6 Å². The average Bonchev–Trinajstić information content (AvgIpc) is 1.37. The van der Waals surface area contributed by atoms with Crippen LogP contribution in [0.25, 0.3) is 0 Å². The zero-order valence-corrected chi connectivity index (χ0v) is 4.73. The lowest BCUT2D eigenvalue weighted by Crippen LogP contribution is -2.00. The Morgan fingerprint density at radius 3 is 2.00 bits per heavy atom. The predicted octanol–water partition coefficient (Wildman–Crippen LogP) is -2.33. The van der Waals surface area contributed by atoms with Crippen LogP contribution in [0.3, 0.4) is 0 Å². The Bertz CT molecular complexity index is 5.25. The predicted molar refractivity (Wildman–Crippen MR) is 27.2 cm³/mol. The highest BCUT2D eigenvalue weighted by Gasteiger charge is 1.63. The first-order valence-electron chi connectivity index (χ1n) is 1.24. The fourth-order valence-electron chi connectivity index (χ4n) is 0. The van der Waals surface area contributed by atoms with Gasteiger partial charge in [0.25, 0.3) is 0 Å². The van der Waals surface area contributed by atoms with E-state index in [4.69, 9.17) is 7.74 Å². The Balaban J connectivity index is 1.97. The van der Waals surface area contributed by atoms with Crippen LogP contribution in [-0.2, 0) is 0 Å². The van der Waals surface area contributed by atoms with Crippen LogP contribution in [0.1, 0.15) is 0 Å². The first kappa shape index (κ1) is 4.41. The third-order valence-electron chi connectivity index (χ3n) is 0.192. The van der Waals surface area contributed by atoms with E-state index < -0.39 is 0 Å². The van der Waals surface area contributed by atoms with Gasteiger partial charge in [-0.05, 0) is 10.1 Å². The molecule has 0 atom stereocenters. The topological polar surface area (TPSA) is 0 Å². The van der Waals surface area contributed by atoms with Gasteiger partial charge in [0.2, 0.25) is 0 Å². The molecule has 0 aromatic rings. The maximum absolute atomic E-state index is 4.88. The largest absolute Gasteiger partial charge is 0.0393 e. The molecule has 0 unspecified atom stereocenters. The Morgan fingerprint density at radius 1 is 1.75 bits per heavy atom. The fourth-order valence-corrected chi connectivity index (χ4v) is 0. The van der Waals surface area contributed by atoms with Crippen molar-refractivity contribution in [2.75, 3.05) is 0 Å². The van der Waals surface area contributed by atoms with Crippen molar-refractivity contribution in [1.82, 2.24) is 0 Å². The van der Waals surface area contributed by atoms with Crippen molar-refractivity contribution in [3.8, 4) is 0 Å². The normalized spacial score (nSPS) is 6.00. The van der Waals surface area contributed by atoms with Gasteiger partial charge in [-0.15, -0.1) is 0 Å². The highest BCUT2D eigenvalue weighted by molar-refractivity contribution is 7.37. The molecule has 0 saturated heterocycles. The van der Waals surface area contributed by atoms with E-state index in [1.807, 2.05) is 6.76 Å². The van der Waals surface area contributed by atoms with E-state index in [2.05, 4.69) is 0 Å². The lowest BCUT2D eigenvalue weighted by Gasteiger charge is -1.61. The molecule has 0 heterocycles. The van der Waals surface area contributed by atoms with Gasteiger partial charge in [-0.3, -0.25) is 0 Å². The van der Waals surface area contributed by atoms with Crippen LogP contribution < -0.4 is 0 Å². The van der Waals surface area contributed by atoms with Crippen LogP contribution in [0.15, 0.2) is 0 Å². The van der Waals surface area contributed by atoms with Crippen LogP contribution >= 0.6 is 0 Å². The third-order valence-corrected chi connectivity index (χ3v) is 0.577. The number of hydrogen-bond acceptors (Lipinski definition) is 0. The van der Waals surface area contributed by atoms with E-state index in [-0.39, 0.29) is 0 Å². The van der Waals surface area contributed by atoms with Crippen molar-refractivity contribution in [3.05, 3.63) is 0 Å². The summed E-state index contributed by atoms with van der Waals surface area (Å²) in [7, 11) is 7.53. The molecule has 4 radical (unpaired) electrons. The van der Waals surface area contributed by atoms with Crippen molar-refractivity contribution in [3.63, 3.8) is 0 Å². The smallest absolute Gasteiger partial charge is 0.0368 e. The first-order valence-corrected chi connectivity index (χ1v) is 2.40. The zero-order valence-electron chi connectivity index (χ0n) is 2.73. The zero-order chi connectivity index (χ0) is 3.41. The van der Waals surface area contributed by atoms with Crippen molar-refractivity contribution in [2.24, 2.45) is 0 Å². The molecule has 0 amide bonds. The first-order chi connectivity index (χ1) is 1.91. The summed E-state index contributed by atoms with van der Waals surface area (Å²) in [5, 5.41) is 0. The molecule has 4 heteroatoms. The van der Waals surface area contributed by atoms with Gasteiger partial charge < -0.3 is 0 Å². The summed E-state index contributed by atoms with van der Waals surface area (Å²) in [5.74, 6) is 0. The van der Waals surface area contributed by atoms with Crippen LogP contribution in [-0.4, -0.2) is 31.7 Å². The summed E-state index contributed by atoms with van der Waals surface area (Å²) in [6.07, 6.45) is 0. The molecule has 4 heavy (non-hydrogen) atoms. The minimum absolute atomic E-state index is 1.08. The van der Waals surface area contributed by atoms with Gasteiger partial charge in [-0.25, -0.2) is 0 Å². The van der Waals surface area contributed by atoms with Gasteiger partial charge in [0.1, 0.15) is 0 Å². The van der Waals surface area contributed by atoms with E-state index in [0.29, 0.717) is 0 Å². The molecule has 0 nitrogen and oxygen atoms in total. The molecule has 0 spiro atoms. The minimum atomic E-state index is 1.08. The summed E-state index contributed by atoms with van der Waals surface area (Å²) >= 11 is 0. The molecule has 0 aliphatic heterocycles. The van der Waals surface area contributed by atoms with Gasteiger partial charge >= 0.3 is 0 Å². The molecular formula is H3B3Si. The van der Waals surface area contributed by atoms with Gasteiger partial charge in [0.05, 0.1) is 0 Å². The van der Waals surface area contributed by atoms with E-state index in [0.717, 1.165) is 10.1 Å². The second-order valence-corrected chi connectivity index (χ2v) is 1.19. The van der Waals surface area contributed by atoms with Gasteiger partial charge in [0, 0.05) is 21.6 Å². The fraction of sp³-hybridized carbons (Fsp3) is 0. The summed E-state index contributed by atoms with van der Waals surface area (Å²) < 4.78 is 0. The lowest BCUT2D eigenvalue weighted by molar-refractivity contribution is 4.14. The molecule has 0 aliphatic rings. The lowest BCUT2D eigenvalue weighted by atomic mass is 9.38. The molecule has 0 aliphatic carbocycles. The van der Waals surface area contributed by atoms with Gasteiger partial charge in [-0.2, -0.15) is 0 Å². The highest BCUT2D eigenvalue weighted by atomic mass is 28.1. The average molecular weight is 63.5 g/mol. The number of rotatable bonds is 1. The molecule has 0 aromatic heterocycles. The van der Waals surface area contributed by atoms with Gasteiger partial charge in [-0.1, -0.05) is 0 Å². The maximum atomic E-state index is 4.88. The van der Waals surface area contributed by atoms with Crippen molar-refractivity contribution in [1.29, 1.82) is 0 Å². The van der Waals surface area contributed by atoms with Crippen LogP contribution in [0, 0.1) is 0 Å².